The van der Waals surface area contributed by atoms with E-state index in [0.717, 1.165) is 5.39 Å². The van der Waals surface area contributed by atoms with Crippen molar-refractivity contribution in [2.75, 3.05) is 0 Å². The van der Waals surface area contributed by atoms with Crippen LogP contribution in [0.3, 0.4) is 0 Å². The summed E-state index contributed by atoms with van der Waals surface area (Å²) in [4.78, 5) is 10.8. The molecule has 0 amide bonds. The van der Waals surface area contributed by atoms with Gasteiger partial charge in [-0.2, -0.15) is 8.78 Å². The molecule has 0 spiro atoms. The average molecular weight is 238 g/mol. The summed E-state index contributed by atoms with van der Waals surface area (Å²) in [6.07, 6.45) is 0. The molecule has 0 radical (unpaired) electrons. The summed E-state index contributed by atoms with van der Waals surface area (Å²) in [5.41, 5.74) is 0.103. The molecule has 0 aliphatic rings. The second-order valence-corrected chi connectivity index (χ2v) is 3.41. The van der Waals surface area contributed by atoms with Crippen LogP contribution in [0, 0.1) is 0 Å². The molecule has 88 valence electrons. The molecular formula is C12H8F2O3. The predicted molar refractivity (Wildman–Crippen MR) is 57.5 cm³/mol. The predicted octanol–water partition coefficient (Wildman–Crippen LogP) is 3.14. The summed E-state index contributed by atoms with van der Waals surface area (Å²) in [7, 11) is 0. The van der Waals surface area contributed by atoms with E-state index in [4.69, 9.17) is 5.11 Å². The summed E-state index contributed by atoms with van der Waals surface area (Å²) in [5.74, 6) is -1.05. The van der Waals surface area contributed by atoms with Gasteiger partial charge in [-0.15, -0.1) is 0 Å². The highest BCUT2D eigenvalue weighted by molar-refractivity contribution is 5.94. The Bertz CT molecular complexity index is 567. The topological polar surface area (TPSA) is 46.5 Å². The molecule has 0 bridgehead atoms. The van der Waals surface area contributed by atoms with Crippen LogP contribution >= 0.6 is 0 Å². The molecule has 2 rings (SSSR count). The fourth-order valence-electron chi connectivity index (χ4n) is 1.53. The van der Waals surface area contributed by atoms with E-state index in [1.54, 1.807) is 12.1 Å². The molecule has 0 fully saturated rings. The van der Waals surface area contributed by atoms with Gasteiger partial charge >= 0.3 is 12.6 Å². The maximum absolute atomic E-state index is 12.0. The Morgan fingerprint density at radius 1 is 1.12 bits per heavy atom. The summed E-state index contributed by atoms with van der Waals surface area (Å²) in [6, 6.07) is 8.88. The number of benzene rings is 2. The van der Waals surface area contributed by atoms with Gasteiger partial charge in [0.1, 0.15) is 5.75 Å². The molecule has 0 aliphatic carbocycles. The van der Waals surface area contributed by atoms with E-state index in [0.29, 0.717) is 5.39 Å². The molecule has 3 nitrogen and oxygen atoms in total. The highest BCUT2D eigenvalue weighted by Crippen LogP contribution is 2.23. The van der Waals surface area contributed by atoms with Gasteiger partial charge in [-0.25, -0.2) is 4.79 Å². The first kappa shape index (κ1) is 11.3. The average Bonchev–Trinajstić information content (AvgIpc) is 2.27. The minimum Gasteiger partial charge on any atom is -0.478 e. The number of aromatic carboxylic acids is 1. The van der Waals surface area contributed by atoms with Gasteiger partial charge in [0.05, 0.1) is 5.56 Å². The highest BCUT2D eigenvalue weighted by atomic mass is 19.3. The van der Waals surface area contributed by atoms with E-state index in [-0.39, 0.29) is 11.3 Å². The van der Waals surface area contributed by atoms with Crippen molar-refractivity contribution >= 4 is 16.7 Å². The molecule has 0 saturated heterocycles. The lowest BCUT2D eigenvalue weighted by atomic mass is 10.1. The first-order valence-electron chi connectivity index (χ1n) is 4.78. The summed E-state index contributed by atoms with van der Waals surface area (Å²) in [5, 5.41) is 10.1. The van der Waals surface area contributed by atoms with Gasteiger partial charge in [0, 0.05) is 0 Å². The van der Waals surface area contributed by atoms with Crippen molar-refractivity contribution in [1.29, 1.82) is 0 Å². The Labute approximate surface area is 95.2 Å². The van der Waals surface area contributed by atoms with Crippen LogP contribution < -0.4 is 4.74 Å². The number of rotatable bonds is 3. The van der Waals surface area contributed by atoms with Gasteiger partial charge < -0.3 is 9.84 Å². The second-order valence-electron chi connectivity index (χ2n) is 3.41. The van der Waals surface area contributed by atoms with Crippen LogP contribution in [0.5, 0.6) is 5.75 Å². The van der Waals surface area contributed by atoms with Crippen LogP contribution in [0.1, 0.15) is 10.4 Å². The van der Waals surface area contributed by atoms with Crippen molar-refractivity contribution in [3.8, 4) is 5.75 Å². The largest absolute Gasteiger partial charge is 0.478 e. The molecule has 2 aromatic rings. The third-order valence-corrected chi connectivity index (χ3v) is 2.28. The monoisotopic (exact) mass is 238 g/mol. The molecule has 5 heteroatoms. The van der Waals surface area contributed by atoms with Gasteiger partial charge in [-0.05, 0) is 35.0 Å². The molecule has 0 aromatic heterocycles. The quantitative estimate of drug-likeness (QED) is 0.893. The molecule has 0 aliphatic heterocycles. The number of carbonyl (C=O) groups is 1. The van der Waals surface area contributed by atoms with E-state index in [1.807, 2.05) is 0 Å². The Kier molecular flexibility index (Phi) is 2.91. The number of fused-ring (bicyclic) bond motifs is 1. The third-order valence-electron chi connectivity index (χ3n) is 2.28. The van der Waals surface area contributed by atoms with E-state index >= 15 is 0 Å². The summed E-state index contributed by atoms with van der Waals surface area (Å²) in [6.45, 7) is -2.89. The van der Waals surface area contributed by atoms with Crippen molar-refractivity contribution in [3.63, 3.8) is 0 Å². The molecular weight excluding hydrogens is 230 g/mol. The maximum Gasteiger partial charge on any atom is 0.387 e. The van der Waals surface area contributed by atoms with Crippen LogP contribution in [0.2, 0.25) is 0 Å². The van der Waals surface area contributed by atoms with E-state index in [1.165, 1.54) is 24.3 Å². The van der Waals surface area contributed by atoms with Gasteiger partial charge in [-0.3, -0.25) is 0 Å². The van der Waals surface area contributed by atoms with E-state index in [2.05, 4.69) is 4.74 Å². The number of hydrogen-bond donors (Lipinski definition) is 1. The van der Waals surface area contributed by atoms with Crippen LogP contribution in [-0.2, 0) is 0 Å². The summed E-state index contributed by atoms with van der Waals surface area (Å²) < 4.78 is 28.3. The second kappa shape index (κ2) is 4.37. The smallest absolute Gasteiger partial charge is 0.387 e. The highest BCUT2D eigenvalue weighted by Gasteiger charge is 2.07. The molecule has 1 N–H and O–H groups in total. The number of ether oxygens (including phenoxy) is 1. The lowest BCUT2D eigenvalue weighted by Crippen LogP contribution is -2.01. The Morgan fingerprint density at radius 2 is 1.82 bits per heavy atom. The van der Waals surface area contributed by atoms with Crippen molar-refractivity contribution < 1.29 is 23.4 Å². The first-order chi connectivity index (χ1) is 8.06. The fourth-order valence-corrected chi connectivity index (χ4v) is 1.53. The van der Waals surface area contributed by atoms with Crippen LogP contribution in [-0.4, -0.2) is 17.7 Å². The Balaban J connectivity index is 2.47. The Hall–Kier alpha value is -2.17. The van der Waals surface area contributed by atoms with Crippen molar-refractivity contribution in [2.24, 2.45) is 0 Å². The lowest BCUT2D eigenvalue weighted by Gasteiger charge is -2.06. The van der Waals surface area contributed by atoms with Gasteiger partial charge in [0.25, 0.3) is 0 Å². The number of carboxylic acid groups (broad SMARTS) is 1. The zero-order chi connectivity index (χ0) is 12.4. The number of carboxylic acids is 1. The molecule has 2 aromatic carbocycles. The minimum absolute atomic E-state index is 0.00930. The maximum atomic E-state index is 12.0. The van der Waals surface area contributed by atoms with Gasteiger partial charge in [0.2, 0.25) is 0 Å². The zero-order valence-corrected chi connectivity index (χ0v) is 8.56. The zero-order valence-electron chi connectivity index (χ0n) is 8.56. The van der Waals surface area contributed by atoms with Gasteiger partial charge in [-0.1, -0.05) is 12.1 Å². The van der Waals surface area contributed by atoms with E-state index < -0.39 is 12.6 Å². The normalized spacial score (nSPS) is 10.8. The Morgan fingerprint density at radius 3 is 2.47 bits per heavy atom. The fraction of sp³-hybridized carbons (Fsp3) is 0.0833. The van der Waals surface area contributed by atoms with Crippen molar-refractivity contribution in [3.05, 3.63) is 42.0 Å². The SMILES string of the molecule is O=C(O)c1ccc2ccc(OC(F)F)cc2c1. The molecule has 17 heavy (non-hydrogen) atoms. The number of halogens is 2. The van der Waals surface area contributed by atoms with Crippen LogP contribution in [0.25, 0.3) is 10.8 Å². The third kappa shape index (κ3) is 2.50. The molecule has 0 atom stereocenters. The minimum atomic E-state index is -2.89. The van der Waals surface area contributed by atoms with Gasteiger partial charge in [0.15, 0.2) is 0 Å². The first-order valence-corrected chi connectivity index (χ1v) is 4.78. The molecule has 0 saturated carbocycles. The summed E-state index contributed by atoms with van der Waals surface area (Å²) >= 11 is 0. The molecule has 0 heterocycles. The number of hydrogen-bond acceptors (Lipinski definition) is 2. The number of alkyl halides is 2. The van der Waals surface area contributed by atoms with Crippen LogP contribution in [0.15, 0.2) is 36.4 Å². The van der Waals surface area contributed by atoms with Crippen molar-refractivity contribution in [2.45, 2.75) is 6.61 Å². The lowest BCUT2D eigenvalue weighted by molar-refractivity contribution is -0.0497. The standard InChI is InChI=1S/C12H8F2O3/c13-12(14)17-10-4-3-7-1-2-8(11(15)16)5-9(7)6-10/h1-6,12H,(H,15,16). The molecule has 0 unspecified atom stereocenters. The van der Waals surface area contributed by atoms with Crippen LogP contribution in [0.4, 0.5) is 8.78 Å². The van der Waals surface area contributed by atoms with Crippen molar-refractivity contribution in [1.82, 2.24) is 0 Å². The van der Waals surface area contributed by atoms with E-state index in [9.17, 15) is 13.6 Å².